The fraction of sp³-hybridized carbons (Fsp3) is 0.909. The maximum absolute atomic E-state index is 11.4. The summed E-state index contributed by atoms with van der Waals surface area (Å²) in [5.74, 6) is 0.630. The molecular weight excluding hydrogens is 180 g/mol. The van der Waals surface area contributed by atoms with Crippen molar-refractivity contribution in [3.05, 3.63) is 0 Å². The van der Waals surface area contributed by atoms with Gasteiger partial charge in [0, 0.05) is 0 Å². The summed E-state index contributed by atoms with van der Waals surface area (Å²) < 4.78 is 4.77. The summed E-state index contributed by atoms with van der Waals surface area (Å²) in [5.41, 5.74) is 0. The van der Waals surface area contributed by atoms with Crippen molar-refractivity contribution in [3.63, 3.8) is 0 Å². The number of carbonyl (C=O) groups excluding carboxylic acids is 1. The van der Waals surface area contributed by atoms with E-state index in [4.69, 9.17) is 4.74 Å². The third-order valence-electron chi connectivity index (χ3n) is 3.82. The minimum Gasteiger partial charge on any atom is -0.469 e. The van der Waals surface area contributed by atoms with E-state index in [2.05, 4.69) is 0 Å². The summed E-state index contributed by atoms with van der Waals surface area (Å²) in [7, 11) is 1.45. The Kier molecular flexibility index (Phi) is 2.77. The number of aliphatic hydroxyl groups excluding tert-OH is 1. The number of rotatable bonds is 1. The first-order chi connectivity index (χ1) is 6.72. The minimum absolute atomic E-state index is 0.0405. The van der Waals surface area contributed by atoms with Crippen molar-refractivity contribution in [3.8, 4) is 0 Å². The molecule has 2 aliphatic carbocycles. The van der Waals surface area contributed by atoms with Crippen LogP contribution in [0, 0.1) is 17.8 Å². The van der Waals surface area contributed by atoms with Gasteiger partial charge in [-0.05, 0) is 37.5 Å². The Morgan fingerprint density at radius 1 is 1.29 bits per heavy atom. The van der Waals surface area contributed by atoms with Gasteiger partial charge in [0.05, 0.1) is 19.1 Å². The molecule has 2 fully saturated rings. The summed E-state index contributed by atoms with van der Waals surface area (Å²) in [6.45, 7) is 0. The van der Waals surface area contributed by atoms with Gasteiger partial charge in [-0.25, -0.2) is 0 Å². The summed E-state index contributed by atoms with van der Waals surface area (Å²) in [5, 5.41) is 9.91. The molecule has 14 heavy (non-hydrogen) atoms. The molecule has 3 heteroatoms. The Hall–Kier alpha value is -0.570. The van der Waals surface area contributed by atoms with Crippen LogP contribution in [0.4, 0.5) is 0 Å². The molecule has 0 aromatic rings. The number of methoxy groups -OCH3 is 1. The molecule has 80 valence electrons. The lowest BCUT2D eigenvalue weighted by Crippen LogP contribution is -2.42. The second kappa shape index (κ2) is 3.89. The fourth-order valence-corrected chi connectivity index (χ4v) is 3.07. The van der Waals surface area contributed by atoms with Gasteiger partial charge in [0.2, 0.25) is 0 Å². The fourth-order valence-electron chi connectivity index (χ4n) is 3.07. The molecule has 0 aromatic heterocycles. The van der Waals surface area contributed by atoms with Gasteiger partial charge < -0.3 is 9.84 Å². The molecule has 0 radical (unpaired) electrons. The standard InChI is InChI=1S/C11H18O3/c1-14-11(13)9-5-7-3-2-4-8(6-9)10(7)12/h7-10,12H,2-6H2,1H3/t7-,8+,9?,10?. The van der Waals surface area contributed by atoms with Gasteiger partial charge >= 0.3 is 5.97 Å². The quantitative estimate of drug-likeness (QED) is 0.647. The normalized spacial score (nSPS) is 41.9. The number of hydrogen-bond acceptors (Lipinski definition) is 3. The van der Waals surface area contributed by atoms with E-state index >= 15 is 0 Å². The van der Waals surface area contributed by atoms with Crippen LogP contribution in [0.5, 0.6) is 0 Å². The highest BCUT2D eigenvalue weighted by Gasteiger charge is 2.41. The molecule has 3 nitrogen and oxygen atoms in total. The van der Waals surface area contributed by atoms with E-state index in [1.54, 1.807) is 0 Å². The summed E-state index contributed by atoms with van der Waals surface area (Å²) >= 11 is 0. The average Bonchev–Trinajstić information content (AvgIpc) is 2.16. The molecule has 2 saturated carbocycles. The van der Waals surface area contributed by atoms with Crippen molar-refractivity contribution in [2.24, 2.45) is 17.8 Å². The lowest BCUT2D eigenvalue weighted by molar-refractivity contribution is -0.151. The van der Waals surface area contributed by atoms with E-state index in [0.717, 1.165) is 25.7 Å². The van der Waals surface area contributed by atoms with Gasteiger partial charge in [-0.3, -0.25) is 4.79 Å². The maximum Gasteiger partial charge on any atom is 0.308 e. The van der Waals surface area contributed by atoms with Gasteiger partial charge in [0.1, 0.15) is 0 Å². The summed E-state index contributed by atoms with van der Waals surface area (Å²) in [6, 6.07) is 0. The Balaban J connectivity index is 2.03. The highest BCUT2D eigenvalue weighted by molar-refractivity contribution is 5.72. The molecule has 0 amide bonds. The van der Waals surface area contributed by atoms with Crippen LogP contribution in [0.1, 0.15) is 32.1 Å². The topological polar surface area (TPSA) is 46.5 Å². The van der Waals surface area contributed by atoms with Crippen LogP contribution in [-0.4, -0.2) is 24.3 Å². The van der Waals surface area contributed by atoms with E-state index in [-0.39, 0.29) is 18.0 Å². The van der Waals surface area contributed by atoms with E-state index < -0.39 is 0 Å². The number of fused-ring (bicyclic) bond motifs is 2. The van der Waals surface area contributed by atoms with Gasteiger partial charge in [-0.2, -0.15) is 0 Å². The Morgan fingerprint density at radius 2 is 1.86 bits per heavy atom. The second-order valence-electron chi connectivity index (χ2n) is 4.63. The number of esters is 1. The molecule has 0 spiro atoms. The van der Waals surface area contributed by atoms with Crippen LogP contribution >= 0.6 is 0 Å². The molecule has 4 atom stereocenters. The molecule has 2 bridgehead atoms. The molecule has 0 heterocycles. The molecule has 2 rings (SSSR count). The van der Waals surface area contributed by atoms with E-state index in [9.17, 15) is 9.90 Å². The van der Waals surface area contributed by atoms with Crippen LogP contribution in [-0.2, 0) is 9.53 Å². The van der Waals surface area contributed by atoms with Crippen molar-refractivity contribution in [2.45, 2.75) is 38.2 Å². The van der Waals surface area contributed by atoms with Crippen molar-refractivity contribution in [1.29, 1.82) is 0 Å². The van der Waals surface area contributed by atoms with Gasteiger partial charge in [-0.15, -0.1) is 0 Å². The SMILES string of the molecule is COC(=O)C1C[C@H]2CCC[C@@H](C1)C2O. The van der Waals surface area contributed by atoms with Crippen LogP contribution < -0.4 is 0 Å². The predicted molar refractivity (Wildman–Crippen MR) is 51.6 cm³/mol. The Morgan fingerprint density at radius 3 is 2.36 bits per heavy atom. The smallest absolute Gasteiger partial charge is 0.308 e. The maximum atomic E-state index is 11.4. The lowest BCUT2D eigenvalue weighted by Gasteiger charge is -2.42. The van der Waals surface area contributed by atoms with Crippen molar-refractivity contribution >= 4 is 5.97 Å². The molecule has 0 aromatic carbocycles. The molecule has 2 aliphatic rings. The molecule has 1 N–H and O–H groups in total. The van der Waals surface area contributed by atoms with Crippen molar-refractivity contribution in [2.75, 3.05) is 7.11 Å². The first-order valence-electron chi connectivity index (χ1n) is 5.48. The lowest BCUT2D eigenvalue weighted by atomic mass is 9.66. The highest BCUT2D eigenvalue weighted by Crippen LogP contribution is 2.42. The number of carbonyl (C=O) groups is 1. The van der Waals surface area contributed by atoms with E-state index in [1.807, 2.05) is 0 Å². The monoisotopic (exact) mass is 198 g/mol. The van der Waals surface area contributed by atoms with E-state index in [0.29, 0.717) is 11.8 Å². The third kappa shape index (κ3) is 1.65. The summed E-state index contributed by atoms with van der Waals surface area (Å²) in [4.78, 5) is 11.4. The van der Waals surface area contributed by atoms with Crippen molar-refractivity contribution < 1.29 is 14.6 Å². The van der Waals surface area contributed by atoms with E-state index in [1.165, 1.54) is 13.5 Å². The Bertz CT molecular complexity index is 213. The minimum atomic E-state index is -0.162. The number of aliphatic hydroxyl groups is 1. The molecule has 0 aliphatic heterocycles. The molecular formula is C11H18O3. The summed E-state index contributed by atoms with van der Waals surface area (Å²) in [6.07, 6.45) is 4.84. The predicted octanol–water partition coefficient (Wildman–Crippen LogP) is 1.35. The Labute approximate surface area is 84.4 Å². The van der Waals surface area contributed by atoms with Crippen molar-refractivity contribution in [1.82, 2.24) is 0 Å². The van der Waals surface area contributed by atoms with Crippen LogP contribution in [0.15, 0.2) is 0 Å². The van der Waals surface area contributed by atoms with Crippen LogP contribution in [0.3, 0.4) is 0 Å². The first-order valence-corrected chi connectivity index (χ1v) is 5.48. The number of hydrogen-bond donors (Lipinski definition) is 1. The first kappa shape index (κ1) is 9.97. The van der Waals surface area contributed by atoms with Crippen LogP contribution in [0.2, 0.25) is 0 Å². The zero-order valence-electron chi connectivity index (χ0n) is 8.61. The second-order valence-corrected chi connectivity index (χ2v) is 4.63. The van der Waals surface area contributed by atoms with Gasteiger partial charge in [-0.1, -0.05) is 6.42 Å². The molecule has 0 saturated heterocycles. The zero-order chi connectivity index (χ0) is 10.1. The third-order valence-corrected chi connectivity index (χ3v) is 3.82. The van der Waals surface area contributed by atoms with Gasteiger partial charge in [0.25, 0.3) is 0 Å². The van der Waals surface area contributed by atoms with Gasteiger partial charge in [0.15, 0.2) is 0 Å². The number of ether oxygens (including phenoxy) is 1. The largest absolute Gasteiger partial charge is 0.469 e. The van der Waals surface area contributed by atoms with Crippen LogP contribution in [0.25, 0.3) is 0 Å². The highest BCUT2D eigenvalue weighted by atomic mass is 16.5. The average molecular weight is 198 g/mol. The zero-order valence-corrected chi connectivity index (χ0v) is 8.61. The molecule has 2 unspecified atom stereocenters.